The third-order valence-corrected chi connectivity index (χ3v) is 6.73. The number of carboxylic acid groups (broad SMARTS) is 1. The second-order valence-corrected chi connectivity index (χ2v) is 10.5. The number of carbonyl (C=O) groups excluding carboxylic acids is 3. The Morgan fingerprint density at radius 2 is 1.60 bits per heavy atom. The highest BCUT2D eigenvalue weighted by atomic mass is 35.5. The summed E-state index contributed by atoms with van der Waals surface area (Å²) in [6.45, 7) is 2.44. The summed E-state index contributed by atoms with van der Waals surface area (Å²) >= 11 is 11.9. The molecular weight excluding hydrogens is 588 g/mol. The number of hydrogen-bond donors (Lipinski definition) is 5. The molecule has 42 heavy (non-hydrogen) atoms. The molecule has 0 fully saturated rings. The van der Waals surface area contributed by atoms with Crippen LogP contribution in [0.2, 0.25) is 0 Å². The Morgan fingerprint density at radius 1 is 0.929 bits per heavy atom. The van der Waals surface area contributed by atoms with E-state index in [1.54, 1.807) is 19.1 Å². The second kappa shape index (κ2) is 18.2. The molecule has 0 saturated carbocycles. The van der Waals surface area contributed by atoms with Crippen molar-refractivity contribution in [1.82, 2.24) is 16.0 Å². The number of aliphatic carboxylic acids is 1. The highest BCUT2D eigenvalue weighted by Crippen LogP contribution is 2.18. The molecule has 0 aliphatic rings. The third kappa shape index (κ3) is 11.8. The zero-order valence-electron chi connectivity index (χ0n) is 23.5. The maximum atomic E-state index is 13.2. The number of hydrogen-bond acceptors (Lipinski definition) is 6. The Morgan fingerprint density at radius 3 is 2.19 bits per heavy atom. The van der Waals surface area contributed by atoms with Crippen molar-refractivity contribution in [2.45, 2.75) is 50.7 Å². The van der Waals surface area contributed by atoms with Gasteiger partial charge >= 0.3 is 5.97 Å². The van der Waals surface area contributed by atoms with Crippen LogP contribution in [0.1, 0.15) is 30.9 Å². The number of nitrogens with zero attached hydrogens (tertiary/aromatic N) is 1. The van der Waals surface area contributed by atoms with Crippen molar-refractivity contribution in [1.29, 1.82) is 0 Å². The summed E-state index contributed by atoms with van der Waals surface area (Å²) in [5.74, 6) is -2.77. The first kappa shape index (κ1) is 34.8. The van der Waals surface area contributed by atoms with Crippen LogP contribution in [0.15, 0.2) is 48.5 Å². The third-order valence-electron chi connectivity index (χ3n) is 6.40. The van der Waals surface area contributed by atoms with E-state index >= 15 is 0 Å². The van der Waals surface area contributed by atoms with Crippen molar-refractivity contribution in [3.63, 3.8) is 0 Å². The molecule has 6 N–H and O–H groups in total. The SMILES string of the molecule is CCC[C@H](NC(=O)C(Cc1cccc(N(CCCl)CCCl)c1)NC(=O)CNC(=O)[C@@H](N)Cc1ccc(F)cc1)C(=O)O. The summed E-state index contributed by atoms with van der Waals surface area (Å²) in [7, 11) is 0. The van der Waals surface area contributed by atoms with E-state index in [0.717, 1.165) is 5.69 Å². The van der Waals surface area contributed by atoms with Gasteiger partial charge in [-0.25, -0.2) is 9.18 Å². The molecule has 0 aromatic heterocycles. The number of nitrogens with one attached hydrogen (secondary N) is 3. The smallest absolute Gasteiger partial charge is 0.326 e. The molecular formula is C29H38Cl2FN5O5. The largest absolute Gasteiger partial charge is 0.480 e. The van der Waals surface area contributed by atoms with E-state index in [0.29, 0.717) is 42.4 Å². The van der Waals surface area contributed by atoms with E-state index in [-0.39, 0.29) is 19.3 Å². The minimum Gasteiger partial charge on any atom is -0.480 e. The first-order valence-corrected chi connectivity index (χ1v) is 14.7. The van der Waals surface area contributed by atoms with Gasteiger partial charge in [0.1, 0.15) is 17.9 Å². The number of anilines is 1. The number of amides is 3. The van der Waals surface area contributed by atoms with Gasteiger partial charge in [0.15, 0.2) is 0 Å². The van der Waals surface area contributed by atoms with Crippen LogP contribution < -0.4 is 26.6 Å². The summed E-state index contributed by atoms with van der Waals surface area (Å²) in [4.78, 5) is 52.1. The van der Waals surface area contributed by atoms with Crippen LogP contribution >= 0.6 is 23.2 Å². The van der Waals surface area contributed by atoms with Crippen LogP contribution in [-0.4, -0.2) is 78.3 Å². The quantitative estimate of drug-likeness (QED) is 0.159. The van der Waals surface area contributed by atoms with Crippen molar-refractivity contribution >= 4 is 52.6 Å². The lowest BCUT2D eigenvalue weighted by Gasteiger charge is -2.25. The van der Waals surface area contributed by atoms with Gasteiger partial charge in [-0.3, -0.25) is 14.4 Å². The highest BCUT2D eigenvalue weighted by Gasteiger charge is 2.27. The van der Waals surface area contributed by atoms with E-state index in [2.05, 4.69) is 16.0 Å². The first-order chi connectivity index (χ1) is 20.1. The number of carboxylic acids is 1. The Bertz CT molecular complexity index is 1180. The van der Waals surface area contributed by atoms with Crippen LogP contribution in [0.5, 0.6) is 0 Å². The van der Waals surface area contributed by atoms with Crippen molar-refractivity contribution in [3.8, 4) is 0 Å². The lowest BCUT2D eigenvalue weighted by atomic mass is 10.0. The number of rotatable bonds is 18. The van der Waals surface area contributed by atoms with E-state index < -0.39 is 54.2 Å². The molecule has 0 bridgehead atoms. The van der Waals surface area contributed by atoms with Gasteiger partial charge in [0, 0.05) is 37.0 Å². The lowest BCUT2D eigenvalue weighted by molar-refractivity contribution is -0.142. The fraction of sp³-hybridized carbons (Fsp3) is 0.448. The normalized spacial score (nSPS) is 13.0. The maximum Gasteiger partial charge on any atom is 0.326 e. The van der Waals surface area contributed by atoms with Gasteiger partial charge in [0.2, 0.25) is 17.7 Å². The molecule has 0 heterocycles. The maximum absolute atomic E-state index is 13.2. The molecule has 2 aromatic rings. The second-order valence-electron chi connectivity index (χ2n) is 9.70. The average Bonchev–Trinajstić information content (AvgIpc) is 2.96. The molecule has 3 amide bonds. The Labute approximate surface area is 255 Å². The molecule has 0 radical (unpaired) electrons. The molecule has 10 nitrogen and oxygen atoms in total. The van der Waals surface area contributed by atoms with Crippen LogP contribution in [0.3, 0.4) is 0 Å². The first-order valence-electron chi connectivity index (χ1n) is 13.6. The molecule has 0 aliphatic heterocycles. The van der Waals surface area contributed by atoms with Crippen molar-refractivity contribution < 1.29 is 28.7 Å². The molecule has 0 aliphatic carbocycles. The number of halogens is 3. The zero-order valence-corrected chi connectivity index (χ0v) is 25.0. The summed E-state index contributed by atoms with van der Waals surface area (Å²) in [6.07, 6.45) is 0.924. The Balaban J connectivity index is 2.13. The molecule has 1 unspecified atom stereocenters. The van der Waals surface area contributed by atoms with E-state index in [9.17, 15) is 28.7 Å². The standard InChI is InChI=1S/C29H38Cl2FN5O5/c1-2-4-24(29(41)42)36-28(40)25(17-20-5-3-6-22(15-20)37(13-11-30)14-12-31)35-26(38)18-34-27(39)23(33)16-19-7-9-21(32)10-8-19/h3,5-10,15,23-25H,2,4,11-14,16-18,33H2,1H3,(H,34,39)(H,35,38)(H,36,40)(H,41,42)/t23-,24-,25?/m0/s1. The highest BCUT2D eigenvalue weighted by molar-refractivity contribution is 6.18. The van der Waals surface area contributed by atoms with Crippen LogP contribution in [0.25, 0.3) is 0 Å². The summed E-state index contributed by atoms with van der Waals surface area (Å²) in [5.41, 5.74) is 8.12. The summed E-state index contributed by atoms with van der Waals surface area (Å²) in [5, 5.41) is 17.1. The van der Waals surface area contributed by atoms with Gasteiger partial charge in [0.05, 0.1) is 12.6 Å². The predicted molar refractivity (Wildman–Crippen MR) is 161 cm³/mol. The van der Waals surface area contributed by atoms with Crippen LogP contribution in [-0.2, 0) is 32.0 Å². The lowest BCUT2D eigenvalue weighted by Crippen LogP contribution is -2.54. The molecule has 3 atom stereocenters. The molecule has 230 valence electrons. The molecule has 2 aromatic carbocycles. The molecule has 0 saturated heterocycles. The van der Waals surface area contributed by atoms with Crippen molar-refractivity contribution in [3.05, 3.63) is 65.5 Å². The number of carbonyl (C=O) groups is 4. The number of alkyl halides is 2. The van der Waals surface area contributed by atoms with E-state index in [4.69, 9.17) is 28.9 Å². The van der Waals surface area contributed by atoms with Crippen molar-refractivity contribution in [2.24, 2.45) is 5.73 Å². The van der Waals surface area contributed by atoms with Gasteiger partial charge in [-0.15, -0.1) is 23.2 Å². The molecule has 13 heteroatoms. The minimum absolute atomic E-state index is 0.0531. The summed E-state index contributed by atoms with van der Waals surface area (Å²) < 4.78 is 13.1. The van der Waals surface area contributed by atoms with E-state index in [1.165, 1.54) is 24.3 Å². The topological polar surface area (TPSA) is 154 Å². The molecule has 0 spiro atoms. The van der Waals surface area contributed by atoms with Crippen molar-refractivity contribution in [2.75, 3.05) is 36.3 Å². The number of nitrogens with two attached hydrogens (primary N) is 1. The van der Waals surface area contributed by atoms with Gasteiger partial charge in [0.25, 0.3) is 0 Å². The van der Waals surface area contributed by atoms with E-state index in [1.807, 2.05) is 17.0 Å². The van der Waals surface area contributed by atoms with Crippen LogP contribution in [0, 0.1) is 5.82 Å². The van der Waals surface area contributed by atoms with Gasteiger partial charge in [-0.1, -0.05) is 37.6 Å². The number of benzene rings is 2. The van der Waals surface area contributed by atoms with Gasteiger partial charge in [-0.2, -0.15) is 0 Å². The monoisotopic (exact) mass is 625 g/mol. The average molecular weight is 627 g/mol. The zero-order chi connectivity index (χ0) is 31.1. The Hall–Kier alpha value is -3.41. The summed E-state index contributed by atoms with van der Waals surface area (Å²) in [6, 6.07) is 9.62. The fourth-order valence-electron chi connectivity index (χ4n) is 4.23. The van der Waals surface area contributed by atoms with Gasteiger partial charge in [-0.05, 0) is 48.2 Å². The fourth-order valence-corrected chi connectivity index (χ4v) is 4.64. The minimum atomic E-state index is -1.18. The Kier molecular flexibility index (Phi) is 15.1. The van der Waals surface area contributed by atoms with Crippen LogP contribution in [0.4, 0.5) is 10.1 Å². The molecule has 2 rings (SSSR count). The van der Waals surface area contributed by atoms with Gasteiger partial charge < -0.3 is 31.7 Å². The predicted octanol–water partition coefficient (Wildman–Crippen LogP) is 2.19.